The van der Waals surface area contributed by atoms with Crippen LogP contribution in [0.2, 0.25) is 0 Å². The molecule has 0 aromatic heterocycles. The number of halogens is 1. The normalized spacial score (nSPS) is 16.5. The lowest BCUT2D eigenvalue weighted by molar-refractivity contribution is 0.227. The van der Waals surface area contributed by atoms with E-state index in [0.29, 0.717) is 0 Å². The van der Waals surface area contributed by atoms with Gasteiger partial charge in [-0.25, -0.2) is 4.39 Å². The van der Waals surface area contributed by atoms with E-state index in [1.807, 2.05) is 6.07 Å². The van der Waals surface area contributed by atoms with Gasteiger partial charge in [-0.1, -0.05) is 30.3 Å². The van der Waals surface area contributed by atoms with Crippen LogP contribution < -0.4 is 10.1 Å². The number of hydrogen-bond acceptors (Lipinski definition) is 2. The number of aryl methyl sites for hydroxylation is 1. The highest BCUT2D eigenvalue weighted by molar-refractivity contribution is 5.37. The maximum atomic E-state index is 13.1. The molecule has 0 spiro atoms. The molecule has 0 saturated carbocycles. The molecule has 1 heterocycles. The Hall–Kier alpha value is -1.87. The van der Waals surface area contributed by atoms with Crippen molar-refractivity contribution in [3.63, 3.8) is 0 Å². The molecule has 21 heavy (non-hydrogen) atoms. The van der Waals surface area contributed by atoms with Crippen LogP contribution in [-0.4, -0.2) is 19.2 Å². The number of hydrogen-bond donors (Lipinski definition) is 1. The summed E-state index contributed by atoms with van der Waals surface area (Å²) in [6.07, 6.45) is 3.11. The van der Waals surface area contributed by atoms with Crippen LogP contribution in [0.25, 0.3) is 0 Å². The fraction of sp³-hybridized carbons (Fsp3) is 0.333. The van der Waals surface area contributed by atoms with Crippen molar-refractivity contribution < 1.29 is 9.13 Å². The summed E-state index contributed by atoms with van der Waals surface area (Å²) in [5.74, 6) is 0.640. The summed E-state index contributed by atoms with van der Waals surface area (Å²) < 4.78 is 18.9. The molecule has 0 fully saturated rings. The molecule has 1 unspecified atom stereocenters. The van der Waals surface area contributed by atoms with E-state index in [-0.39, 0.29) is 11.9 Å². The van der Waals surface area contributed by atoms with Crippen molar-refractivity contribution in [3.8, 4) is 5.75 Å². The Balaban J connectivity index is 1.36. The van der Waals surface area contributed by atoms with E-state index < -0.39 is 0 Å². The van der Waals surface area contributed by atoms with Crippen molar-refractivity contribution in [1.82, 2.24) is 5.32 Å². The molecule has 1 N–H and O–H groups in total. The molecule has 0 bridgehead atoms. The third-order valence-corrected chi connectivity index (χ3v) is 3.80. The van der Waals surface area contributed by atoms with Crippen molar-refractivity contribution >= 4 is 0 Å². The van der Waals surface area contributed by atoms with Gasteiger partial charge in [-0.3, -0.25) is 0 Å². The van der Waals surface area contributed by atoms with Crippen molar-refractivity contribution in [3.05, 3.63) is 65.5 Å². The number of fused-ring (bicyclic) bond motifs is 1. The average molecular weight is 285 g/mol. The van der Waals surface area contributed by atoms with Crippen LogP contribution in [0.1, 0.15) is 17.5 Å². The number of benzene rings is 2. The lowest BCUT2D eigenvalue weighted by Crippen LogP contribution is -2.30. The van der Waals surface area contributed by atoms with Crippen LogP contribution in [0.5, 0.6) is 5.75 Å². The Morgan fingerprint density at radius 2 is 2.00 bits per heavy atom. The predicted octanol–water partition coefficient (Wildman–Crippen LogP) is 3.35. The zero-order chi connectivity index (χ0) is 14.5. The van der Waals surface area contributed by atoms with E-state index in [1.165, 1.54) is 11.6 Å². The van der Waals surface area contributed by atoms with Gasteiger partial charge in [0.15, 0.2) is 0 Å². The van der Waals surface area contributed by atoms with E-state index >= 15 is 0 Å². The molecule has 3 rings (SSSR count). The zero-order valence-corrected chi connectivity index (χ0v) is 12.0. The molecule has 0 radical (unpaired) electrons. The van der Waals surface area contributed by atoms with Crippen molar-refractivity contribution in [2.24, 2.45) is 0 Å². The summed E-state index contributed by atoms with van der Waals surface area (Å²) in [7, 11) is 0. The molecule has 110 valence electrons. The minimum atomic E-state index is -0.186. The van der Waals surface area contributed by atoms with Gasteiger partial charge in [-0.15, -0.1) is 0 Å². The lowest BCUT2D eigenvalue weighted by Gasteiger charge is -2.11. The molecule has 2 aromatic rings. The first-order valence-electron chi connectivity index (χ1n) is 7.51. The van der Waals surface area contributed by atoms with E-state index in [2.05, 4.69) is 29.6 Å². The molecule has 1 aliphatic heterocycles. The summed E-state index contributed by atoms with van der Waals surface area (Å²) in [6, 6.07) is 15.3. The first kappa shape index (κ1) is 14.1. The minimum absolute atomic E-state index is 0.124. The van der Waals surface area contributed by atoms with Gasteiger partial charge in [-0.05, 0) is 43.1 Å². The summed E-state index contributed by atoms with van der Waals surface area (Å²) >= 11 is 0. The first-order valence-corrected chi connectivity index (χ1v) is 7.51. The van der Waals surface area contributed by atoms with Crippen molar-refractivity contribution in [2.75, 3.05) is 13.1 Å². The molecule has 0 aliphatic carbocycles. The largest absolute Gasteiger partial charge is 0.488 e. The fourth-order valence-electron chi connectivity index (χ4n) is 2.73. The number of ether oxygens (including phenoxy) is 1. The topological polar surface area (TPSA) is 21.3 Å². The standard InChI is InChI=1S/C18H20FNO/c19-16-8-9-18-15(11-16)12-17(21-18)13-20-10-4-7-14-5-2-1-3-6-14/h1-3,5-6,8-9,11,17,20H,4,7,10,12-13H2. The molecule has 2 aromatic carbocycles. The molecular weight excluding hydrogens is 265 g/mol. The molecule has 1 aliphatic rings. The third-order valence-electron chi connectivity index (χ3n) is 3.80. The predicted molar refractivity (Wildman–Crippen MR) is 82.2 cm³/mol. The summed E-state index contributed by atoms with van der Waals surface area (Å²) in [6.45, 7) is 1.78. The monoisotopic (exact) mass is 285 g/mol. The van der Waals surface area contributed by atoms with Crippen LogP contribution in [-0.2, 0) is 12.8 Å². The second-order valence-electron chi connectivity index (χ2n) is 5.49. The Bertz CT molecular complexity index is 585. The van der Waals surface area contributed by atoms with Gasteiger partial charge in [-0.2, -0.15) is 0 Å². The van der Waals surface area contributed by atoms with E-state index in [0.717, 1.165) is 43.7 Å². The highest BCUT2D eigenvalue weighted by atomic mass is 19.1. The number of rotatable bonds is 6. The van der Waals surface area contributed by atoms with Crippen molar-refractivity contribution in [2.45, 2.75) is 25.4 Å². The number of nitrogens with one attached hydrogen (secondary N) is 1. The second-order valence-corrected chi connectivity index (χ2v) is 5.49. The Morgan fingerprint density at radius 3 is 2.86 bits per heavy atom. The van der Waals surface area contributed by atoms with Crippen LogP contribution in [0.15, 0.2) is 48.5 Å². The highest BCUT2D eigenvalue weighted by Gasteiger charge is 2.22. The van der Waals surface area contributed by atoms with Gasteiger partial charge in [0.1, 0.15) is 17.7 Å². The summed E-state index contributed by atoms with van der Waals surface area (Å²) in [5.41, 5.74) is 2.35. The fourth-order valence-corrected chi connectivity index (χ4v) is 2.73. The molecule has 3 heteroatoms. The SMILES string of the molecule is Fc1ccc2c(c1)CC(CNCCCc1ccccc1)O2. The average Bonchev–Trinajstić information content (AvgIpc) is 2.90. The Kier molecular flexibility index (Phi) is 4.51. The lowest BCUT2D eigenvalue weighted by atomic mass is 10.1. The van der Waals surface area contributed by atoms with Crippen LogP contribution >= 0.6 is 0 Å². The van der Waals surface area contributed by atoms with E-state index in [4.69, 9.17) is 4.74 Å². The highest BCUT2D eigenvalue weighted by Crippen LogP contribution is 2.28. The van der Waals surface area contributed by atoms with Gasteiger partial charge >= 0.3 is 0 Å². The van der Waals surface area contributed by atoms with Gasteiger partial charge in [0.05, 0.1) is 0 Å². The van der Waals surface area contributed by atoms with Gasteiger partial charge in [0, 0.05) is 18.5 Å². The molecular formula is C18H20FNO. The molecule has 0 saturated heterocycles. The van der Waals surface area contributed by atoms with Crippen LogP contribution in [0.4, 0.5) is 4.39 Å². The van der Waals surface area contributed by atoms with E-state index in [9.17, 15) is 4.39 Å². The van der Waals surface area contributed by atoms with Gasteiger partial charge in [0.25, 0.3) is 0 Å². The maximum Gasteiger partial charge on any atom is 0.123 e. The maximum absolute atomic E-state index is 13.1. The quantitative estimate of drug-likeness (QED) is 0.822. The van der Waals surface area contributed by atoms with Crippen molar-refractivity contribution in [1.29, 1.82) is 0 Å². The smallest absolute Gasteiger partial charge is 0.123 e. The molecule has 2 nitrogen and oxygen atoms in total. The van der Waals surface area contributed by atoms with Gasteiger partial charge in [0.2, 0.25) is 0 Å². The second kappa shape index (κ2) is 6.72. The third kappa shape index (κ3) is 3.82. The Morgan fingerprint density at radius 1 is 1.14 bits per heavy atom. The van der Waals surface area contributed by atoms with Crippen LogP contribution in [0, 0.1) is 5.82 Å². The van der Waals surface area contributed by atoms with Gasteiger partial charge < -0.3 is 10.1 Å². The molecule has 0 amide bonds. The summed E-state index contributed by atoms with van der Waals surface area (Å²) in [4.78, 5) is 0. The first-order chi connectivity index (χ1) is 10.3. The zero-order valence-electron chi connectivity index (χ0n) is 12.0. The minimum Gasteiger partial charge on any atom is -0.488 e. The Labute approximate surface area is 125 Å². The van der Waals surface area contributed by atoms with Crippen LogP contribution in [0.3, 0.4) is 0 Å². The van der Waals surface area contributed by atoms with E-state index in [1.54, 1.807) is 12.1 Å². The summed E-state index contributed by atoms with van der Waals surface area (Å²) in [5, 5.41) is 3.43. The molecule has 1 atom stereocenters.